The average Bonchev–Trinajstić information content (AvgIpc) is 2.82. The van der Waals surface area contributed by atoms with Crippen molar-refractivity contribution in [2.24, 2.45) is 0 Å². The number of benzene rings is 5. The molecular weight excluding hydrogens is 487 g/mol. The Morgan fingerprint density at radius 3 is 1.69 bits per heavy atom. The van der Waals surface area contributed by atoms with E-state index in [2.05, 4.69) is 76.0 Å². The number of aromatic carboxylic acids is 2. The summed E-state index contributed by atoms with van der Waals surface area (Å²) in [5.74, 6) is -3.29. The minimum Gasteiger partial charge on any atom is -0.478 e. The van der Waals surface area contributed by atoms with E-state index < -0.39 is 38.1 Å². The maximum absolute atomic E-state index is 10.9. The minimum atomic E-state index is -4.92. The molecule has 0 aromatic heterocycles. The van der Waals surface area contributed by atoms with Crippen LogP contribution in [0.2, 0.25) is 0 Å². The van der Waals surface area contributed by atoms with Gasteiger partial charge in [-0.05, 0) is 68.0 Å². The van der Waals surface area contributed by atoms with E-state index in [1.807, 2.05) is 0 Å². The fourth-order valence-electron chi connectivity index (χ4n) is 3.98. The maximum Gasteiger partial charge on any atom is 0.337 e. The number of carbonyl (C=O) groups is 2. The second kappa shape index (κ2) is 9.43. The van der Waals surface area contributed by atoms with Gasteiger partial charge in [-0.3, -0.25) is 4.55 Å². The van der Waals surface area contributed by atoms with Crippen LogP contribution in [0.3, 0.4) is 0 Å². The van der Waals surface area contributed by atoms with E-state index in [9.17, 15) is 18.0 Å². The summed E-state index contributed by atoms with van der Waals surface area (Å²) in [6.07, 6.45) is 0. The highest BCUT2D eigenvalue weighted by Gasteiger charge is 2.27. The van der Waals surface area contributed by atoms with Gasteiger partial charge in [-0.25, -0.2) is 9.59 Å². The summed E-state index contributed by atoms with van der Waals surface area (Å²) in [5, 5.41) is 26.5. The van der Waals surface area contributed by atoms with Gasteiger partial charge in [0.1, 0.15) is 4.90 Å². The molecule has 0 radical (unpaired) electrons. The normalized spacial score (nSPS) is 11.3. The molecule has 3 N–H and O–H groups in total. The van der Waals surface area contributed by atoms with Crippen LogP contribution >= 0.6 is 9.24 Å². The number of carboxylic acids is 2. The first-order valence-electron chi connectivity index (χ1n) is 10.2. The molecule has 1 atom stereocenters. The van der Waals surface area contributed by atoms with Crippen LogP contribution in [0.5, 0.6) is 0 Å². The van der Waals surface area contributed by atoms with Crippen molar-refractivity contribution in [1.29, 1.82) is 0 Å². The van der Waals surface area contributed by atoms with Gasteiger partial charge in [0.15, 0.2) is 0 Å². The first-order valence-corrected chi connectivity index (χ1v) is 12.3. The topological polar surface area (TPSA) is 129 Å². The molecule has 9 heteroatoms. The van der Waals surface area contributed by atoms with Crippen molar-refractivity contribution in [1.82, 2.24) is 0 Å². The Labute approximate surface area is 202 Å². The van der Waals surface area contributed by atoms with Gasteiger partial charge in [-0.2, -0.15) is 8.42 Å². The van der Waals surface area contributed by atoms with Gasteiger partial charge in [0.05, 0.1) is 11.1 Å². The first-order chi connectivity index (χ1) is 16.6. The Balaban J connectivity index is 0.000000168. The molecule has 7 nitrogen and oxygen atoms in total. The molecule has 176 valence electrons. The van der Waals surface area contributed by atoms with Crippen molar-refractivity contribution in [3.8, 4) is 0 Å². The van der Waals surface area contributed by atoms with Gasteiger partial charge in [0.25, 0.3) is 10.1 Å². The fourth-order valence-corrected chi connectivity index (χ4v) is 5.28. The van der Waals surface area contributed by atoms with E-state index >= 15 is 0 Å². The molecule has 35 heavy (non-hydrogen) atoms. The SMILES string of the molecule is O=C(O)c1cccc(C(=O)O)c1S(=O)(=O)O.Pc1cc2cc3ccccc3cc2c2ccccc12. The number of rotatable bonds is 3. The second-order valence-electron chi connectivity index (χ2n) is 7.70. The molecule has 0 aliphatic heterocycles. The third-order valence-electron chi connectivity index (χ3n) is 5.49. The molecule has 5 aromatic carbocycles. The van der Waals surface area contributed by atoms with Crippen molar-refractivity contribution >= 4 is 68.9 Å². The van der Waals surface area contributed by atoms with E-state index in [-0.39, 0.29) is 0 Å². The van der Waals surface area contributed by atoms with Gasteiger partial charge in [0, 0.05) is 0 Å². The summed E-state index contributed by atoms with van der Waals surface area (Å²) in [4.78, 5) is 20.2. The summed E-state index contributed by atoms with van der Waals surface area (Å²) in [6, 6.07) is 26.8. The summed E-state index contributed by atoms with van der Waals surface area (Å²) in [6.45, 7) is 0. The Kier molecular flexibility index (Phi) is 6.54. The molecule has 0 heterocycles. The van der Waals surface area contributed by atoms with Crippen LogP contribution in [0.15, 0.2) is 89.8 Å². The van der Waals surface area contributed by atoms with Crippen LogP contribution in [-0.2, 0) is 10.1 Å². The Morgan fingerprint density at radius 2 is 1.14 bits per heavy atom. The van der Waals surface area contributed by atoms with Crippen molar-refractivity contribution in [3.63, 3.8) is 0 Å². The van der Waals surface area contributed by atoms with E-state index in [1.54, 1.807) is 0 Å². The third kappa shape index (κ3) is 4.86. The second-order valence-corrected chi connectivity index (χ2v) is 9.68. The van der Waals surface area contributed by atoms with Crippen molar-refractivity contribution in [2.45, 2.75) is 4.90 Å². The number of fused-ring (bicyclic) bond motifs is 4. The lowest BCUT2D eigenvalue weighted by atomic mass is 9.98. The fraction of sp³-hybridized carbons (Fsp3) is 0. The maximum atomic E-state index is 10.9. The lowest BCUT2D eigenvalue weighted by molar-refractivity contribution is 0.0688. The van der Waals surface area contributed by atoms with E-state index in [1.165, 1.54) is 37.6 Å². The number of hydrogen-bond acceptors (Lipinski definition) is 4. The summed E-state index contributed by atoms with van der Waals surface area (Å²) >= 11 is 0. The zero-order chi connectivity index (χ0) is 25.3. The summed E-state index contributed by atoms with van der Waals surface area (Å²) in [5.41, 5.74) is -1.58. The van der Waals surface area contributed by atoms with Gasteiger partial charge in [-0.15, -0.1) is 9.24 Å². The van der Waals surface area contributed by atoms with Gasteiger partial charge in [-0.1, -0.05) is 54.6 Å². The van der Waals surface area contributed by atoms with Crippen LogP contribution in [0.4, 0.5) is 0 Å². The predicted octanol–water partition coefficient (Wildman–Crippen LogP) is 4.98. The Morgan fingerprint density at radius 1 is 0.629 bits per heavy atom. The Bertz CT molecular complexity index is 1710. The zero-order valence-corrected chi connectivity index (χ0v) is 20.0. The van der Waals surface area contributed by atoms with Gasteiger partial charge < -0.3 is 10.2 Å². The average molecular weight is 506 g/mol. The third-order valence-corrected chi connectivity index (χ3v) is 6.92. The van der Waals surface area contributed by atoms with Crippen LogP contribution in [0.25, 0.3) is 32.3 Å². The van der Waals surface area contributed by atoms with Crippen molar-refractivity contribution in [2.75, 3.05) is 0 Å². The van der Waals surface area contributed by atoms with Gasteiger partial charge in [0.2, 0.25) is 0 Å². The minimum absolute atomic E-state index is 0.789. The van der Waals surface area contributed by atoms with E-state index in [0.29, 0.717) is 0 Å². The smallest absolute Gasteiger partial charge is 0.337 e. The standard InChI is InChI=1S/C18H13P.C8H6O7S/c19-18-11-14-9-12-5-1-2-6-13(12)10-17(14)15-7-3-4-8-16(15)18;9-7(10)4-2-1-3-5(8(11)12)6(4)16(13,14)15/h1-11H,19H2;1-3H,(H,9,10)(H,11,12)(H,13,14,15). The first kappa shape index (κ1) is 24.3. The molecule has 0 aliphatic carbocycles. The molecule has 5 rings (SSSR count). The van der Waals surface area contributed by atoms with Crippen LogP contribution in [-0.4, -0.2) is 35.1 Å². The van der Waals surface area contributed by atoms with Crippen molar-refractivity contribution < 1.29 is 32.8 Å². The highest BCUT2D eigenvalue weighted by molar-refractivity contribution is 7.86. The molecule has 0 saturated heterocycles. The summed E-state index contributed by atoms with van der Waals surface area (Å²) < 4.78 is 30.6. The molecule has 0 fully saturated rings. The lowest BCUT2D eigenvalue weighted by Crippen LogP contribution is -2.14. The summed E-state index contributed by atoms with van der Waals surface area (Å²) in [7, 11) is -2.06. The lowest BCUT2D eigenvalue weighted by Gasteiger charge is -2.08. The van der Waals surface area contributed by atoms with Crippen LogP contribution in [0, 0.1) is 0 Å². The monoisotopic (exact) mass is 506 g/mol. The predicted molar refractivity (Wildman–Crippen MR) is 138 cm³/mol. The number of hydrogen-bond donors (Lipinski definition) is 3. The van der Waals surface area contributed by atoms with Crippen LogP contribution in [0.1, 0.15) is 20.7 Å². The molecule has 5 aromatic rings. The largest absolute Gasteiger partial charge is 0.478 e. The van der Waals surface area contributed by atoms with Crippen molar-refractivity contribution in [3.05, 3.63) is 96.1 Å². The van der Waals surface area contributed by atoms with E-state index in [4.69, 9.17) is 14.8 Å². The van der Waals surface area contributed by atoms with Crippen LogP contribution < -0.4 is 5.30 Å². The Hall–Kier alpha value is -3.84. The van der Waals surface area contributed by atoms with Gasteiger partial charge >= 0.3 is 11.9 Å². The molecule has 0 saturated carbocycles. The zero-order valence-electron chi connectivity index (χ0n) is 18.0. The molecule has 1 unspecified atom stereocenters. The van der Waals surface area contributed by atoms with E-state index in [0.717, 1.165) is 18.2 Å². The molecule has 0 bridgehead atoms. The molecular formula is C26H19O7PS. The quantitative estimate of drug-likeness (QED) is 0.136. The molecule has 0 amide bonds. The molecule has 0 aliphatic rings. The molecule has 0 spiro atoms. The highest BCUT2D eigenvalue weighted by atomic mass is 32.2. The number of carboxylic acid groups (broad SMARTS) is 2. The highest BCUT2D eigenvalue weighted by Crippen LogP contribution is 2.29.